The van der Waals surface area contributed by atoms with Crippen LogP contribution in [0.4, 0.5) is 0 Å². The van der Waals surface area contributed by atoms with Crippen molar-refractivity contribution in [3.8, 4) is 0 Å². The monoisotopic (exact) mass is 563 g/mol. The molecule has 3 aromatic carbocycles. The van der Waals surface area contributed by atoms with Gasteiger partial charge in [0.15, 0.2) is 0 Å². The molecule has 0 heterocycles. The molecule has 1 saturated carbocycles. The average molecular weight is 564 g/mol. The van der Waals surface area contributed by atoms with Crippen LogP contribution in [-0.4, -0.2) is 57.5 Å². The van der Waals surface area contributed by atoms with Crippen LogP contribution in [0.3, 0.4) is 0 Å². The maximum absolute atomic E-state index is 13.8. The van der Waals surface area contributed by atoms with Crippen LogP contribution in [-0.2, 0) is 43.7 Å². The van der Waals surface area contributed by atoms with Crippen LogP contribution in [0.2, 0.25) is 0 Å². The van der Waals surface area contributed by atoms with Gasteiger partial charge < -0.3 is 15.0 Å². The summed E-state index contributed by atoms with van der Waals surface area (Å²) in [4.78, 5) is 29.1. The number of nitrogens with zero attached hydrogens (tertiary/aromatic N) is 1. The number of ether oxygens (including phenoxy) is 1. The van der Waals surface area contributed by atoms with Gasteiger partial charge in [-0.05, 0) is 48.1 Å². The minimum absolute atomic E-state index is 0.0356. The first-order valence-electron chi connectivity index (χ1n) is 13.6. The molecule has 3 aromatic rings. The summed E-state index contributed by atoms with van der Waals surface area (Å²) in [7, 11) is -1.96. The van der Waals surface area contributed by atoms with Crippen molar-refractivity contribution in [2.45, 2.75) is 55.6 Å². The summed E-state index contributed by atoms with van der Waals surface area (Å²) in [5.74, 6) is -0.387. The lowest BCUT2D eigenvalue weighted by Gasteiger charge is -2.31. The molecule has 212 valence electrons. The number of methoxy groups -OCH3 is 1. The summed E-state index contributed by atoms with van der Waals surface area (Å²) >= 11 is 0. The minimum Gasteiger partial charge on any atom is -0.383 e. The number of hydrogen-bond acceptors (Lipinski definition) is 5. The molecule has 2 amide bonds. The second-order valence-electron chi connectivity index (χ2n) is 10.0. The van der Waals surface area contributed by atoms with E-state index in [4.69, 9.17) is 4.74 Å². The molecule has 0 aliphatic heterocycles. The number of sulfonamides is 1. The molecule has 1 aliphatic rings. The summed E-state index contributed by atoms with van der Waals surface area (Å²) in [5.41, 5.74) is 2.73. The van der Waals surface area contributed by atoms with Gasteiger partial charge in [0.1, 0.15) is 6.04 Å². The number of benzene rings is 3. The highest BCUT2D eigenvalue weighted by molar-refractivity contribution is 7.89. The van der Waals surface area contributed by atoms with E-state index in [0.717, 1.165) is 29.5 Å². The van der Waals surface area contributed by atoms with Gasteiger partial charge in [-0.1, -0.05) is 72.8 Å². The van der Waals surface area contributed by atoms with E-state index in [-0.39, 0.29) is 29.2 Å². The van der Waals surface area contributed by atoms with Crippen molar-refractivity contribution in [2.75, 3.05) is 20.3 Å². The van der Waals surface area contributed by atoms with E-state index in [2.05, 4.69) is 10.0 Å². The van der Waals surface area contributed by atoms with E-state index in [1.807, 2.05) is 60.7 Å². The van der Waals surface area contributed by atoms with Crippen molar-refractivity contribution in [1.82, 2.24) is 14.9 Å². The highest BCUT2D eigenvalue weighted by atomic mass is 32.2. The van der Waals surface area contributed by atoms with E-state index in [9.17, 15) is 18.0 Å². The molecule has 0 spiro atoms. The zero-order valence-electron chi connectivity index (χ0n) is 22.8. The Hall–Kier alpha value is -3.53. The Kier molecular flexibility index (Phi) is 10.5. The number of carbonyl (C=O) groups excluding carboxylic acids is 2. The second kappa shape index (κ2) is 14.2. The van der Waals surface area contributed by atoms with Crippen molar-refractivity contribution >= 4 is 21.8 Å². The molecule has 9 heteroatoms. The zero-order valence-corrected chi connectivity index (χ0v) is 23.6. The van der Waals surface area contributed by atoms with Crippen LogP contribution in [0.1, 0.15) is 36.0 Å². The van der Waals surface area contributed by atoms with E-state index < -0.39 is 16.1 Å². The highest BCUT2D eigenvalue weighted by Crippen LogP contribution is 2.23. The van der Waals surface area contributed by atoms with E-state index in [1.54, 1.807) is 36.3 Å². The number of carbonyl (C=O) groups is 2. The van der Waals surface area contributed by atoms with Crippen LogP contribution in [0.15, 0.2) is 89.8 Å². The zero-order chi connectivity index (χ0) is 28.4. The second-order valence-corrected chi connectivity index (χ2v) is 11.8. The Morgan fingerprint density at radius 2 is 1.52 bits per heavy atom. The van der Waals surface area contributed by atoms with Gasteiger partial charge in [0, 0.05) is 39.1 Å². The molecule has 0 bridgehead atoms. The van der Waals surface area contributed by atoms with Gasteiger partial charge in [-0.25, -0.2) is 13.1 Å². The van der Waals surface area contributed by atoms with Gasteiger partial charge in [-0.15, -0.1) is 0 Å². The van der Waals surface area contributed by atoms with E-state index >= 15 is 0 Å². The molecule has 4 rings (SSSR count). The number of hydrogen-bond donors (Lipinski definition) is 2. The van der Waals surface area contributed by atoms with Crippen LogP contribution >= 0.6 is 0 Å². The third-order valence-corrected chi connectivity index (χ3v) is 8.37. The first kappa shape index (κ1) is 29.5. The molecule has 0 aromatic heterocycles. The number of rotatable bonds is 15. The van der Waals surface area contributed by atoms with Gasteiger partial charge in [-0.2, -0.15) is 0 Å². The largest absolute Gasteiger partial charge is 0.383 e. The molecule has 1 aliphatic carbocycles. The normalized spacial score (nSPS) is 13.9. The van der Waals surface area contributed by atoms with Crippen molar-refractivity contribution in [3.63, 3.8) is 0 Å². The molecule has 0 saturated heterocycles. The van der Waals surface area contributed by atoms with Crippen LogP contribution < -0.4 is 10.0 Å². The molecular weight excluding hydrogens is 526 g/mol. The fourth-order valence-electron chi connectivity index (χ4n) is 4.45. The van der Waals surface area contributed by atoms with E-state index in [1.165, 1.54) is 0 Å². The Morgan fingerprint density at radius 1 is 0.900 bits per heavy atom. The smallest absolute Gasteiger partial charge is 0.243 e. The number of aryl methyl sites for hydroxylation is 1. The molecule has 1 fully saturated rings. The summed E-state index contributed by atoms with van der Waals surface area (Å²) in [5, 5.41) is 2.92. The predicted molar refractivity (Wildman–Crippen MR) is 154 cm³/mol. The Balaban J connectivity index is 1.51. The SMILES string of the molecule is COCCNC(=O)[C@@H](Cc1ccccc1)N(Cc1ccccc1)C(=O)CCc1ccc(S(=O)(=O)NC2CC2)cc1. The molecule has 0 radical (unpaired) electrons. The maximum atomic E-state index is 13.8. The Labute approximate surface area is 236 Å². The lowest BCUT2D eigenvalue weighted by atomic mass is 10.0. The molecular formula is C31H37N3O5S. The molecule has 40 heavy (non-hydrogen) atoms. The quantitative estimate of drug-likeness (QED) is 0.276. The highest BCUT2D eigenvalue weighted by Gasteiger charge is 2.30. The predicted octanol–water partition coefficient (Wildman–Crippen LogP) is 3.46. The Morgan fingerprint density at radius 3 is 2.12 bits per heavy atom. The summed E-state index contributed by atoms with van der Waals surface area (Å²) in [6, 6.07) is 25.3. The topological polar surface area (TPSA) is 105 Å². The Bertz CT molecular complexity index is 1340. The van der Waals surface area contributed by atoms with Crippen LogP contribution in [0.5, 0.6) is 0 Å². The van der Waals surface area contributed by atoms with Crippen molar-refractivity contribution in [1.29, 1.82) is 0 Å². The van der Waals surface area contributed by atoms with Gasteiger partial charge in [0.2, 0.25) is 21.8 Å². The van der Waals surface area contributed by atoms with Crippen molar-refractivity contribution < 1.29 is 22.7 Å². The first-order valence-corrected chi connectivity index (χ1v) is 15.1. The number of nitrogens with one attached hydrogen (secondary N) is 2. The fourth-order valence-corrected chi connectivity index (χ4v) is 5.75. The number of amides is 2. The molecule has 1 atom stereocenters. The minimum atomic E-state index is -3.53. The van der Waals surface area contributed by atoms with E-state index in [0.29, 0.717) is 32.5 Å². The van der Waals surface area contributed by atoms with Crippen LogP contribution in [0.25, 0.3) is 0 Å². The molecule has 0 unspecified atom stereocenters. The molecule has 2 N–H and O–H groups in total. The van der Waals surface area contributed by atoms with Gasteiger partial charge >= 0.3 is 0 Å². The van der Waals surface area contributed by atoms with Crippen molar-refractivity contribution in [3.05, 3.63) is 102 Å². The lowest BCUT2D eigenvalue weighted by molar-refractivity contribution is -0.141. The average Bonchev–Trinajstić information content (AvgIpc) is 3.78. The van der Waals surface area contributed by atoms with Gasteiger partial charge in [-0.3, -0.25) is 9.59 Å². The first-order chi connectivity index (χ1) is 19.4. The summed E-state index contributed by atoms with van der Waals surface area (Å²) in [6.45, 7) is 1.01. The van der Waals surface area contributed by atoms with Gasteiger partial charge in [0.05, 0.1) is 11.5 Å². The molecule has 8 nitrogen and oxygen atoms in total. The lowest BCUT2D eigenvalue weighted by Crippen LogP contribution is -2.51. The fraction of sp³-hybridized carbons (Fsp3) is 0.355. The maximum Gasteiger partial charge on any atom is 0.243 e. The standard InChI is InChI=1S/C31H37N3O5S/c1-39-21-20-32-31(36)29(22-25-8-4-2-5-9-25)34(23-26-10-6-3-7-11-26)30(35)19-14-24-12-17-28(18-13-24)40(37,38)33-27-15-16-27/h2-13,17-18,27,29,33H,14-16,19-23H2,1H3,(H,32,36)/t29-/m1/s1. The third kappa shape index (κ3) is 8.74. The summed E-state index contributed by atoms with van der Waals surface area (Å²) in [6.07, 6.45) is 2.71. The van der Waals surface area contributed by atoms with Gasteiger partial charge in [0.25, 0.3) is 0 Å². The third-order valence-electron chi connectivity index (χ3n) is 6.83. The summed E-state index contributed by atoms with van der Waals surface area (Å²) < 4.78 is 32.8. The van der Waals surface area contributed by atoms with Crippen LogP contribution in [0, 0.1) is 0 Å². The van der Waals surface area contributed by atoms with Crippen molar-refractivity contribution in [2.24, 2.45) is 0 Å².